The quantitative estimate of drug-likeness (QED) is 0.732. The van der Waals surface area contributed by atoms with E-state index in [0.717, 1.165) is 0 Å². The highest BCUT2D eigenvalue weighted by Crippen LogP contribution is 2.17. The van der Waals surface area contributed by atoms with Gasteiger partial charge in [0.1, 0.15) is 0 Å². The number of nitrogens with zero attached hydrogens (tertiary/aromatic N) is 2. The van der Waals surface area contributed by atoms with Gasteiger partial charge in [-0.05, 0) is 20.0 Å². The Kier molecular flexibility index (Phi) is 5.86. The molecular weight excluding hydrogens is 221 g/mol. The van der Waals surface area contributed by atoms with Crippen molar-refractivity contribution < 1.29 is 9.13 Å². The summed E-state index contributed by atoms with van der Waals surface area (Å²) in [5.74, 6) is 0.110. The van der Waals surface area contributed by atoms with Crippen LogP contribution in [0, 0.1) is 5.82 Å². The van der Waals surface area contributed by atoms with Crippen molar-refractivity contribution in [3.63, 3.8) is 0 Å². The molecule has 0 aliphatic rings. The Balaban J connectivity index is 2.72. The second-order valence-electron chi connectivity index (χ2n) is 3.76. The minimum atomic E-state index is -0.263. The molecule has 96 valence electrons. The van der Waals surface area contributed by atoms with Crippen LogP contribution in [0.25, 0.3) is 0 Å². The Morgan fingerprint density at radius 1 is 1.53 bits per heavy atom. The van der Waals surface area contributed by atoms with Gasteiger partial charge in [-0.15, -0.1) is 0 Å². The summed E-state index contributed by atoms with van der Waals surface area (Å²) < 4.78 is 19.3. The second-order valence-corrected chi connectivity index (χ2v) is 3.76. The van der Waals surface area contributed by atoms with E-state index in [0.29, 0.717) is 37.7 Å². The van der Waals surface area contributed by atoms with Gasteiger partial charge in [0.05, 0.1) is 6.61 Å². The molecule has 0 aromatic carbocycles. The first kappa shape index (κ1) is 13.9. The summed E-state index contributed by atoms with van der Waals surface area (Å²) in [5, 5.41) is 2.93. The number of aromatic nitrogens is 1. The van der Waals surface area contributed by atoms with Gasteiger partial charge in [0.2, 0.25) is 0 Å². The van der Waals surface area contributed by atoms with E-state index in [9.17, 15) is 4.39 Å². The third-order valence-electron chi connectivity index (χ3n) is 2.45. The van der Waals surface area contributed by atoms with Gasteiger partial charge in [-0.1, -0.05) is 0 Å². The minimum Gasteiger partial charge on any atom is -0.380 e. The van der Waals surface area contributed by atoms with E-state index in [-0.39, 0.29) is 5.82 Å². The van der Waals surface area contributed by atoms with Crippen molar-refractivity contribution in [2.24, 2.45) is 0 Å². The fraction of sp³-hybridized carbons (Fsp3) is 0.583. The Morgan fingerprint density at radius 2 is 2.29 bits per heavy atom. The van der Waals surface area contributed by atoms with E-state index in [1.54, 1.807) is 24.2 Å². The van der Waals surface area contributed by atoms with Crippen molar-refractivity contribution >= 4 is 5.82 Å². The van der Waals surface area contributed by atoms with Crippen molar-refractivity contribution in [3.8, 4) is 0 Å². The highest BCUT2D eigenvalue weighted by Gasteiger charge is 2.12. The van der Waals surface area contributed by atoms with Crippen LogP contribution < -0.4 is 10.2 Å². The summed E-state index contributed by atoms with van der Waals surface area (Å²) in [6.45, 7) is 4.31. The van der Waals surface area contributed by atoms with Crippen LogP contribution in [-0.4, -0.2) is 38.8 Å². The first-order valence-corrected chi connectivity index (χ1v) is 5.77. The topological polar surface area (TPSA) is 37.4 Å². The molecule has 0 unspecified atom stereocenters. The van der Waals surface area contributed by atoms with E-state index in [4.69, 9.17) is 4.74 Å². The molecule has 17 heavy (non-hydrogen) atoms. The van der Waals surface area contributed by atoms with Crippen molar-refractivity contribution in [3.05, 3.63) is 23.6 Å². The number of ether oxygens (including phenoxy) is 1. The number of hydrogen-bond donors (Lipinski definition) is 1. The molecule has 0 spiro atoms. The third-order valence-corrected chi connectivity index (χ3v) is 2.45. The molecule has 4 nitrogen and oxygen atoms in total. The summed E-state index contributed by atoms with van der Waals surface area (Å²) in [7, 11) is 3.60. The van der Waals surface area contributed by atoms with Crippen molar-refractivity contribution in [2.75, 3.05) is 38.8 Å². The number of rotatable bonds is 7. The van der Waals surface area contributed by atoms with Gasteiger partial charge in [-0.25, -0.2) is 9.37 Å². The lowest BCUT2D eigenvalue weighted by Gasteiger charge is -2.19. The summed E-state index contributed by atoms with van der Waals surface area (Å²) in [6, 6.07) is 1.69. The molecule has 0 aliphatic carbocycles. The molecule has 0 saturated heterocycles. The van der Waals surface area contributed by atoms with Crippen LogP contribution >= 0.6 is 0 Å². The third kappa shape index (κ3) is 3.94. The molecule has 0 fully saturated rings. The number of nitrogens with one attached hydrogen (secondary N) is 1. The lowest BCUT2D eigenvalue weighted by molar-refractivity contribution is 0.154. The van der Waals surface area contributed by atoms with E-state index in [1.807, 2.05) is 14.0 Å². The van der Waals surface area contributed by atoms with Crippen LogP contribution in [0.5, 0.6) is 0 Å². The molecule has 5 heteroatoms. The lowest BCUT2D eigenvalue weighted by atomic mass is 10.2. The first-order chi connectivity index (χ1) is 8.20. The molecule has 1 heterocycles. The highest BCUT2D eigenvalue weighted by molar-refractivity contribution is 5.42. The molecule has 1 N–H and O–H groups in total. The van der Waals surface area contributed by atoms with Gasteiger partial charge in [0, 0.05) is 38.5 Å². The molecule has 0 aliphatic heterocycles. The van der Waals surface area contributed by atoms with Crippen LogP contribution in [0.15, 0.2) is 12.3 Å². The zero-order valence-electron chi connectivity index (χ0n) is 10.7. The molecule has 0 saturated carbocycles. The largest absolute Gasteiger partial charge is 0.380 e. The van der Waals surface area contributed by atoms with Crippen LogP contribution in [0.1, 0.15) is 12.5 Å². The maximum absolute atomic E-state index is 14.0. The standard InChI is InChI=1S/C12H20FN3O/c1-4-17-8-7-16(3)12-11(13)10(9-14-2)5-6-15-12/h5-6,14H,4,7-9H2,1-3H3. The predicted molar refractivity (Wildman–Crippen MR) is 66.7 cm³/mol. The molecule has 1 aromatic rings. The maximum atomic E-state index is 14.0. The Bertz CT molecular complexity index is 347. The summed E-state index contributed by atoms with van der Waals surface area (Å²) in [4.78, 5) is 5.84. The molecule has 1 aromatic heterocycles. The van der Waals surface area contributed by atoms with E-state index >= 15 is 0 Å². The van der Waals surface area contributed by atoms with Crippen molar-refractivity contribution in [1.82, 2.24) is 10.3 Å². The average Bonchev–Trinajstić information content (AvgIpc) is 2.32. The number of halogens is 1. The van der Waals surface area contributed by atoms with Crippen LogP contribution in [0.4, 0.5) is 10.2 Å². The number of hydrogen-bond acceptors (Lipinski definition) is 4. The van der Waals surface area contributed by atoms with Gasteiger partial charge in [0.25, 0.3) is 0 Å². The van der Waals surface area contributed by atoms with Gasteiger partial charge in [-0.2, -0.15) is 0 Å². The second kappa shape index (κ2) is 7.19. The van der Waals surface area contributed by atoms with Gasteiger partial charge in [0.15, 0.2) is 11.6 Å². The normalized spacial score (nSPS) is 10.6. The van der Waals surface area contributed by atoms with E-state index in [1.165, 1.54) is 0 Å². The molecule has 0 amide bonds. The summed E-state index contributed by atoms with van der Waals surface area (Å²) >= 11 is 0. The lowest BCUT2D eigenvalue weighted by Crippen LogP contribution is -2.25. The minimum absolute atomic E-state index is 0.263. The highest BCUT2D eigenvalue weighted by atomic mass is 19.1. The van der Waals surface area contributed by atoms with Crippen molar-refractivity contribution in [1.29, 1.82) is 0 Å². The SMILES string of the molecule is CCOCCN(C)c1nccc(CNC)c1F. The van der Waals surface area contributed by atoms with Crippen LogP contribution in [0.2, 0.25) is 0 Å². The van der Waals surface area contributed by atoms with Gasteiger partial charge >= 0.3 is 0 Å². The smallest absolute Gasteiger partial charge is 0.170 e. The summed E-state index contributed by atoms with van der Waals surface area (Å²) in [5.41, 5.74) is 0.626. The van der Waals surface area contributed by atoms with E-state index in [2.05, 4.69) is 10.3 Å². The molecule has 1 rings (SSSR count). The number of anilines is 1. The maximum Gasteiger partial charge on any atom is 0.170 e. The van der Waals surface area contributed by atoms with Gasteiger partial charge < -0.3 is 15.0 Å². The molecule has 0 radical (unpaired) electrons. The fourth-order valence-corrected chi connectivity index (χ4v) is 1.52. The van der Waals surface area contributed by atoms with Crippen molar-refractivity contribution in [2.45, 2.75) is 13.5 Å². The van der Waals surface area contributed by atoms with Crippen LogP contribution in [0.3, 0.4) is 0 Å². The molecule has 0 atom stereocenters. The van der Waals surface area contributed by atoms with E-state index < -0.39 is 0 Å². The average molecular weight is 241 g/mol. The number of pyridine rings is 1. The van der Waals surface area contributed by atoms with Crippen LogP contribution in [-0.2, 0) is 11.3 Å². The Morgan fingerprint density at radius 3 is 2.94 bits per heavy atom. The number of likely N-dealkylation sites (N-methyl/N-ethyl adjacent to an activating group) is 1. The Labute approximate surface area is 102 Å². The summed E-state index contributed by atoms with van der Waals surface area (Å²) in [6.07, 6.45) is 1.63. The van der Waals surface area contributed by atoms with Gasteiger partial charge in [-0.3, -0.25) is 0 Å². The molecular formula is C12H20FN3O. The fourth-order valence-electron chi connectivity index (χ4n) is 1.52. The zero-order valence-corrected chi connectivity index (χ0v) is 10.7. The molecule has 0 bridgehead atoms. The predicted octanol–water partition coefficient (Wildman–Crippen LogP) is 1.41. The first-order valence-electron chi connectivity index (χ1n) is 5.77. The zero-order chi connectivity index (χ0) is 12.7. The monoisotopic (exact) mass is 241 g/mol. The Hall–Kier alpha value is -1.20.